The Morgan fingerprint density at radius 1 is 1.06 bits per heavy atom. The zero-order valence-electron chi connectivity index (χ0n) is 10.9. The lowest BCUT2D eigenvalue weighted by molar-refractivity contribution is -0.0846. The van der Waals surface area contributed by atoms with Crippen molar-refractivity contribution < 1.29 is 14.6 Å². The van der Waals surface area contributed by atoms with E-state index in [9.17, 15) is 5.11 Å². The molecule has 0 heterocycles. The Morgan fingerprint density at radius 3 is 2.18 bits per heavy atom. The predicted octanol–water partition coefficient (Wildman–Crippen LogP) is 2.72. The van der Waals surface area contributed by atoms with Gasteiger partial charge in [0.05, 0.1) is 6.10 Å². The fourth-order valence-corrected chi connectivity index (χ4v) is 2.92. The number of aliphatic hydroxyl groups excluding tert-OH is 1. The van der Waals surface area contributed by atoms with Crippen molar-refractivity contribution in [3.05, 3.63) is 0 Å². The van der Waals surface area contributed by atoms with Crippen LogP contribution in [0.2, 0.25) is 0 Å². The monoisotopic (exact) mass is 242 g/mol. The van der Waals surface area contributed by atoms with E-state index < -0.39 is 6.29 Å². The highest BCUT2D eigenvalue weighted by Gasteiger charge is 2.33. The van der Waals surface area contributed by atoms with Gasteiger partial charge in [-0.05, 0) is 56.8 Å². The van der Waals surface area contributed by atoms with E-state index >= 15 is 0 Å². The van der Waals surface area contributed by atoms with Crippen molar-refractivity contribution in [3.63, 3.8) is 0 Å². The van der Waals surface area contributed by atoms with Gasteiger partial charge in [-0.1, -0.05) is 0 Å². The second-order valence-corrected chi connectivity index (χ2v) is 5.58. The first-order chi connectivity index (χ1) is 8.29. The zero-order chi connectivity index (χ0) is 12.1. The van der Waals surface area contributed by atoms with Crippen LogP contribution in [0.3, 0.4) is 0 Å². The number of rotatable bonds is 7. The van der Waals surface area contributed by atoms with Crippen molar-refractivity contribution in [3.8, 4) is 0 Å². The van der Waals surface area contributed by atoms with Gasteiger partial charge in [0.1, 0.15) is 0 Å². The molecule has 2 fully saturated rings. The lowest BCUT2D eigenvalue weighted by Gasteiger charge is -2.28. The quantitative estimate of drug-likeness (QED) is 0.551. The molecule has 0 aromatic heterocycles. The van der Waals surface area contributed by atoms with Gasteiger partial charge < -0.3 is 14.6 Å². The van der Waals surface area contributed by atoms with Gasteiger partial charge in [0, 0.05) is 20.1 Å². The van der Waals surface area contributed by atoms with Crippen LogP contribution in [-0.4, -0.2) is 31.2 Å². The molecular weight excluding hydrogens is 216 g/mol. The van der Waals surface area contributed by atoms with Crippen LogP contribution in [0.1, 0.15) is 51.4 Å². The molecule has 1 atom stereocenters. The summed E-state index contributed by atoms with van der Waals surface area (Å²) in [6, 6.07) is 0. The maximum absolute atomic E-state index is 9.22. The average molecular weight is 242 g/mol. The standard InChI is InChI=1S/C14H26O3/c1-16-14(15)3-2-10-17-13-8-6-12(7-9-13)11-4-5-11/h11-15H,2-10H2,1H3. The SMILES string of the molecule is COC(O)CCCOC1CCC(C2CC2)CC1. The summed E-state index contributed by atoms with van der Waals surface area (Å²) in [6.45, 7) is 0.763. The molecule has 0 aromatic rings. The fourth-order valence-electron chi connectivity index (χ4n) is 2.92. The second-order valence-electron chi connectivity index (χ2n) is 5.58. The number of methoxy groups -OCH3 is 1. The molecule has 3 nitrogen and oxygen atoms in total. The second kappa shape index (κ2) is 6.72. The molecular formula is C14H26O3. The highest BCUT2D eigenvalue weighted by molar-refractivity contribution is 4.85. The van der Waals surface area contributed by atoms with Gasteiger partial charge in [-0.2, -0.15) is 0 Å². The van der Waals surface area contributed by atoms with E-state index in [1.807, 2.05) is 0 Å². The third-order valence-electron chi connectivity index (χ3n) is 4.23. The molecule has 1 N–H and O–H groups in total. The number of hydrogen-bond acceptors (Lipinski definition) is 3. The van der Waals surface area contributed by atoms with Crippen molar-refractivity contribution in [1.82, 2.24) is 0 Å². The Balaban J connectivity index is 1.49. The number of hydrogen-bond donors (Lipinski definition) is 1. The molecule has 100 valence electrons. The van der Waals surface area contributed by atoms with Crippen LogP contribution in [0.25, 0.3) is 0 Å². The van der Waals surface area contributed by atoms with Crippen molar-refractivity contribution >= 4 is 0 Å². The zero-order valence-corrected chi connectivity index (χ0v) is 10.9. The summed E-state index contributed by atoms with van der Waals surface area (Å²) in [6.07, 6.45) is 9.60. The van der Waals surface area contributed by atoms with E-state index in [0.717, 1.165) is 24.9 Å². The first-order valence-electron chi connectivity index (χ1n) is 7.12. The first-order valence-corrected chi connectivity index (χ1v) is 7.12. The summed E-state index contributed by atoms with van der Waals surface area (Å²) in [5.74, 6) is 2.07. The van der Waals surface area contributed by atoms with E-state index in [-0.39, 0.29) is 0 Å². The Hall–Kier alpha value is -0.120. The van der Waals surface area contributed by atoms with Gasteiger partial charge in [0.25, 0.3) is 0 Å². The van der Waals surface area contributed by atoms with Crippen LogP contribution in [0.4, 0.5) is 0 Å². The van der Waals surface area contributed by atoms with Gasteiger partial charge >= 0.3 is 0 Å². The molecule has 0 aliphatic heterocycles. The van der Waals surface area contributed by atoms with E-state index in [2.05, 4.69) is 0 Å². The minimum absolute atomic E-state index is 0.477. The topological polar surface area (TPSA) is 38.7 Å². The Kier molecular flexibility index (Phi) is 5.26. The van der Waals surface area contributed by atoms with E-state index in [1.54, 1.807) is 0 Å². The van der Waals surface area contributed by atoms with Gasteiger partial charge in [-0.25, -0.2) is 0 Å². The maximum Gasteiger partial charge on any atom is 0.154 e. The maximum atomic E-state index is 9.22. The summed E-state index contributed by atoms with van der Waals surface area (Å²) in [5.41, 5.74) is 0. The lowest BCUT2D eigenvalue weighted by atomic mass is 9.84. The van der Waals surface area contributed by atoms with Crippen LogP contribution in [0, 0.1) is 11.8 Å². The van der Waals surface area contributed by atoms with Crippen molar-refractivity contribution in [2.45, 2.75) is 63.8 Å². The highest BCUT2D eigenvalue weighted by atomic mass is 16.6. The molecule has 0 amide bonds. The van der Waals surface area contributed by atoms with Gasteiger partial charge in [-0.3, -0.25) is 0 Å². The fraction of sp³-hybridized carbons (Fsp3) is 1.00. The summed E-state index contributed by atoms with van der Waals surface area (Å²) in [7, 11) is 1.53. The van der Waals surface area contributed by atoms with Crippen LogP contribution in [0.15, 0.2) is 0 Å². The normalized spacial score (nSPS) is 31.4. The molecule has 2 aliphatic rings. The average Bonchev–Trinajstić information content (AvgIpc) is 3.19. The Labute approximate surface area is 104 Å². The third-order valence-corrected chi connectivity index (χ3v) is 4.23. The molecule has 1 unspecified atom stereocenters. The molecule has 17 heavy (non-hydrogen) atoms. The van der Waals surface area contributed by atoms with Crippen LogP contribution in [-0.2, 0) is 9.47 Å². The van der Waals surface area contributed by atoms with Crippen molar-refractivity contribution in [2.24, 2.45) is 11.8 Å². The van der Waals surface area contributed by atoms with Gasteiger partial charge in [0.2, 0.25) is 0 Å². The Morgan fingerprint density at radius 2 is 1.65 bits per heavy atom. The first kappa shape index (κ1) is 13.3. The molecule has 0 aromatic carbocycles. The van der Waals surface area contributed by atoms with E-state index in [1.165, 1.54) is 45.6 Å². The Bertz CT molecular complexity index is 208. The molecule has 2 aliphatic carbocycles. The lowest BCUT2D eigenvalue weighted by Crippen LogP contribution is -2.23. The minimum Gasteiger partial charge on any atom is -0.378 e. The minimum atomic E-state index is -0.621. The number of ether oxygens (including phenoxy) is 2. The van der Waals surface area contributed by atoms with Gasteiger partial charge in [0.15, 0.2) is 6.29 Å². The molecule has 2 saturated carbocycles. The van der Waals surface area contributed by atoms with Crippen LogP contribution < -0.4 is 0 Å². The summed E-state index contributed by atoms with van der Waals surface area (Å²) < 4.78 is 10.6. The van der Waals surface area contributed by atoms with Gasteiger partial charge in [-0.15, -0.1) is 0 Å². The molecule has 0 spiro atoms. The molecule has 0 saturated heterocycles. The molecule has 3 heteroatoms. The summed E-state index contributed by atoms with van der Waals surface area (Å²) in [4.78, 5) is 0. The summed E-state index contributed by atoms with van der Waals surface area (Å²) in [5, 5.41) is 9.22. The highest BCUT2D eigenvalue weighted by Crippen LogP contribution is 2.44. The smallest absolute Gasteiger partial charge is 0.154 e. The third kappa shape index (κ3) is 4.57. The largest absolute Gasteiger partial charge is 0.378 e. The number of aliphatic hydroxyl groups is 1. The van der Waals surface area contributed by atoms with Crippen LogP contribution >= 0.6 is 0 Å². The van der Waals surface area contributed by atoms with Crippen LogP contribution in [0.5, 0.6) is 0 Å². The predicted molar refractivity (Wildman–Crippen MR) is 66.7 cm³/mol. The summed E-state index contributed by atoms with van der Waals surface area (Å²) >= 11 is 0. The molecule has 0 bridgehead atoms. The van der Waals surface area contributed by atoms with E-state index in [4.69, 9.17) is 9.47 Å². The van der Waals surface area contributed by atoms with E-state index in [0.29, 0.717) is 12.5 Å². The molecule has 2 rings (SSSR count). The van der Waals surface area contributed by atoms with Crippen molar-refractivity contribution in [2.75, 3.05) is 13.7 Å². The molecule has 0 radical (unpaired) electrons. The van der Waals surface area contributed by atoms with Crippen molar-refractivity contribution in [1.29, 1.82) is 0 Å².